The molecule has 1 unspecified atom stereocenters. The molecule has 0 aliphatic carbocycles. The fourth-order valence-corrected chi connectivity index (χ4v) is 3.00. The summed E-state index contributed by atoms with van der Waals surface area (Å²) in [5, 5.41) is 3.03. The van der Waals surface area contributed by atoms with E-state index in [0.29, 0.717) is 17.3 Å². The van der Waals surface area contributed by atoms with Crippen molar-refractivity contribution in [2.24, 2.45) is 7.05 Å². The number of carbonyl (C=O) groups is 1. The second-order valence-corrected chi connectivity index (χ2v) is 6.16. The number of para-hydroxylation sites is 2. The molecule has 0 saturated heterocycles. The number of rotatable bonds is 7. The highest BCUT2D eigenvalue weighted by Gasteiger charge is 2.23. The Morgan fingerprint density at radius 2 is 1.75 bits per heavy atom. The van der Waals surface area contributed by atoms with Crippen LogP contribution in [0.4, 0.5) is 0 Å². The maximum atomic E-state index is 12.7. The van der Waals surface area contributed by atoms with Crippen LogP contribution in [0.15, 0.2) is 67.0 Å². The van der Waals surface area contributed by atoms with Crippen LogP contribution in [0.25, 0.3) is 6.08 Å². The Kier molecular flexibility index (Phi) is 6.11. The Morgan fingerprint density at radius 1 is 1.07 bits per heavy atom. The van der Waals surface area contributed by atoms with Crippen LogP contribution in [0.5, 0.6) is 11.5 Å². The summed E-state index contributed by atoms with van der Waals surface area (Å²) in [5.74, 6) is 1.86. The number of imidazole rings is 1. The SMILES string of the molecule is COc1ccccc1/C=C/C(=O)NC(c1ccccc1OC)c1nccn1C. The Balaban J connectivity index is 1.89. The largest absolute Gasteiger partial charge is 0.496 e. The number of nitrogens with zero attached hydrogens (tertiary/aromatic N) is 2. The molecular formula is C22H23N3O3. The molecular weight excluding hydrogens is 354 g/mol. The molecule has 1 heterocycles. The Bertz CT molecular complexity index is 978. The number of nitrogens with one attached hydrogen (secondary N) is 1. The monoisotopic (exact) mass is 377 g/mol. The van der Waals surface area contributed by atoms with Gasteiger partial charge in [0.1, 0.15) is 23.4 Å². The Hall–Kier alpha value is -3.54. The highest BCUT2D eigenvalue weighted by molar-refractivity contribution is 5.92. The fourth-order valence-electron chi connectivity index (χ4n) is 3.00. The van der Waals surface area contributed by atoms with E-state index in [9.17, 15) is 4.79 Å². The summed E-state index contributed by atoms with van der Waals surface area (Å²) in [6.45, 7) is 0. The average molecular weight is 377 g/mol. The summed E-state index contributed by atoms with van der Waals surface area (Å²) >= 11 is 0. The van der Waals surface area contributed by atoms with Crippen molar-refractivity contribution in [3.05, 3.63) is 84.0 Å². The van der Waals surface area contributed by atoms with E-state index in [-0.39, 0.29) is 5.91 Å². The summed E-state index contributed by atoms with van der Waals surface area (Å²) in [5.41, 5.74) is 1.66. The number of amides is 1. The van der Waals surface area contributed by atoms with Gasteiger partial charge in [-0.2, -0.15) is 0 Å². The van der Waals surface area contributed by atoms with Crippen LogP contribution < -0.4 is 14.8 Å². The third kappa shape index (κ3) is 4.23. The number of hydrogen-bond donors (Lipinski definition) is 1. The molecule has 0 aliphatic rings. The minimum atomic E-state index is -0.453. The quantitative estimate of drug-likeness (QED) is 0.641. The first-order chi connectivity index (χ1) is 13.6. The maximum absolute atomic E-state index is 12.7. The summed E-state index contributed by atoms with van der Waals surface area (Å²) < 4.78 is 12.7. The highest BCUT2D eigenvalue weighted by Crippen LogP contribution is 2.29. The normalized spacial score (nSPS) is 12.0. The van der Waals surface area contributed by atoms with Gasteiger partial charge in [0.2, 0.25) is 5.91 Å². The summed E-state index contributed by atoms with van der Waals surface area (Å²) in [7, 11) is 5.10. The van der Waals surface area contributed by atoms with Crippen molar-refractivity contribution >= 4 is 12.0 Å². The first kappa shape index (κ1) is 19.2. The van der Waals surface area contributed by atoms with E-state index in [1.165, 1.54) is 6.08 Å². The zero-order chi connectivity index (χ0) is 19.9. The maximum Gasteiger partial charge on any atom is 0.244 e. The van der Waals surface area contributed by atoms with Gasteiger partial charge in [-0.1, -0.05) is 36.4 Å². The second kappa shape index (κ2) is 8.90. The van der Waals surface area contributed by atoms with Crippen molar-refractivity contribution in [2.45, 2.75) is 6.04 Å². The predicted octanol–water partition coefficient (Wildman–Crippen LogP) is 3.36. The lowest BCUT2D eigenvalue weighted by Crippen LogP contribution is -2.30. The molecule has 6 heteroatoms. The van der Waals surface area contributed by atoms with Crippen molar-refractivity contribution in [1.82, 2.24) is 14.9 Å². The van der Waals surface area contributed by atoms with Crippen LogP contribution in [0, 0.1) is 0 Å². The molecule has 3 aromatic rings. The van der Waals surface area contributed by atoms with Gasteiger partial charge in [-0.25, -0.2) is 4.98 Å². The number of aryl methyl sites for hydroxylation is 1. The molecule has 0 spiro atoms. The van der Waals surface area contributed by atoms with Crippen LogP contribution in [0.3, 0.4) is 0 Å². The first-order valence-electron chi connectivity index (χ1n) is 8.85. The molecule has 0 saturated carbocycles. The van der Waals surface area contributed by atoms with Gasteiger partial charge in [0, 0.05) is 36.6 Å². The number of benzene rings is 2. The van der Waals surface area contributed by atoms with Crippen molar-refractivity contribution in [1.29, 1.82) is 0 Å². The molecule has 0 radical (unpaired) electrons. The molecule has 28 heavy (non-hydrogen) atoms. The van der Waals surface area contributed by atoms with Crippen LogP contribution in [-0.2, 0) is 11.8 Å². The number of methoxy groups -OCH3 is 2. The molecule has 1 amide bonds. The highest BCUT2D eigenvalue weighted by atomic mass is 16.5. The summed E-state index contributed by atoms with van der Waals surface area (Å²) in [4.78, 5) is 17.1. The lowest BCUT2D eigenvalue weighted by molar-refractivity contribution is -0.117. The van der Waals surface area contributed by atoms with E-state index in [0.717, 1.165) is 11.1 Å². The average Bonchev–Trinajstić information content (AvgIpc) is 3.16. The minimum Gasteiger partial charge on any atom is -0.496 e. The van der Waals surface area contributed by atoms with Crippen LogP contribution in [0.1, 0.15) is 23.0 Å². The van der Waals surface area contributed by atoms with E-state index >= 15 is 0 Å². The van der Waals surface area contributed by atoms with E-state index in [2.05, 4.69) is 10.3 Å². The smallest absolute Gasteiger partial charge is 0.244 e. The van der Waals surface area contributed by atoms with Crippen molar-refractivity contribution in [3.63, 3.8) is 0 Å². The Morgan fingerprint density at radius 3 is 2.43 bits per heavy atom. The van der Waals surface area contributed by atoms with Gasteiger partial charge in [-0.05, 0) is 18.2 Å². The molecule has 1 atom stereocenters. The van der Waals surface area contributed by atoms with Crippen molar-refractivity contribution < 1.29 is 14.3 Å². The van der Waals surface area contributed by atoms with E-state index in [4.69, 9.17) is 9.47 Å². The van der Waals surface area contributed by atoms with Crippen LogP contribution in [0.2, 0.25) is 0 Å². The number of aromatic nitrogens is 2. The van der Waals surface area contributed by atoms with Gasteiger partial charge in [0.15, 0.2) is 0 Å². The van der Waals surface area contributed by atoms with Gasteiger partial charge < -0.3 is 19.4 Å². The zero-order valence-corrected chi connectivity index (χ0v) is 16.1. The first-order valence-corrected chi connectivity index (χ1v) is 8.85. The molecule has 144 valence electrons. The predicted molar refractivity (Wildman–Crippen MR) is 108 cm³/mol. The molecule has 1 N–H and O–H groups in total. The number of hydrogen-bond acceptors (Lipinski definition) is 4. The van der Waals surface area contributed by atoms with Gasteiger partial charge in [-0.15, -0.1) is 0 Å². The van der Waals surface area contributed by atoms with E-state index in [1.807, 2.05) is 66.3 Å². The zero-order valence-electron chi connectivity index (χ0n) is 16.1. The van der Waals surface area contributed by atoms with E-state index < -0.39 is 6.04 Å². The van der Waals surface area contributed by atoms with Gasteiger partial charge in [0.05, 0.1) is 14.2 Å². The molecule has 1 aromatic heterocycles. The third-order valence-electron chi connectivity index (χ3n) is 4.41. The fraction of sp³-hybridized carbons (Fsp3) is 0.182. The molecule has 2 aromatic carbocycles. The summed E-state index contributed by atoms with van der Waals surface area (Å²) in [6.07, 6.45) is 6.76. The molecule has 0 fully saturated rings. The summed E-state index contributed by atoms with van der Waals surface area (Å²) in [6, 6.07) is 14.6. The second-order valence-electron chi connectivity index (χ2n) is 6.16. The van der Waals surface area contributed by atoms with Crippen LogP contribution in [-0.4, -0.2) is 29.7 Å². The third-order valence-corrected chi connectivity index (χ3v) is 4.41. The minimum absolute atomic E-state index is 0.246. The topological polar surface area (TPSA) is 65.4 Å². The van der Waals surface area contributed by atoms with E-state index in [1.54, 1.807) is 26.5 Å². The van der Waals surface area contributed by atoms with Crippen LogP contribution >= 0.6 is 0 Å². The van der Waals surface area contributed by atoms with Gasteiger partial charge in [0.25, 0.3) is 0 Å². The molecule has 0 bridgehead atoms. The van der Waals surface area contributed by atoms with Crippen molar-refractivity contribution in [3.8, 4) is 11.5 Å². The molecule has 0 aliphatic heterocycles. The Labute approximate surface area is 164 Å². The number of ether oxygens (including phenoxy) is 2. The lowest BCUT2D eigenvalue weighted by Gasteiger charge is -2.20. The molecule has 6 nitrogen and oxygen atoms in total. The standard InChI is InChI=1S/C22H23N3O3/c1-25-15-14-23-22(25)21(17-9-5-7-11-19(17)28-3)24-20(26)13-12-16-8-4-6-10-18(16)27-2/h4-15,21H,1-3H3,(H,24,26)/b13-12+. The molecule has 3 rings (SSSR count). The van der Waals surface area contributed by atoms with Gasteiger partial charge in [-0.3, -0.25) is 4.79 Å². The van der Waals surface area contributed by atoms with Crippen molar-refractivity contribution in [2.75, 3.05) is 14.2 Å². The number of carbonyl (C=O) groups excluding carboxylic acids is 1. The lowest BCUT2D eigenvalue weighted by atomic mass is 10.0. The van der Waals surface area contributed by atoms with Gasteiger partial charge >= 0.3 is 0 Å².